The minimum Gasteiger partial charge on any atom is -0.496 e. The average Bonchev–Trinajstić information content (AvgIpc) is 3.09. The van der Waals surface area contributed by atoms with E-state index in [4.69, 9.17) is 9.26 Å². The second kappa shape index (κ2) is 7.52. The third kappa shape index (κ3) is 3.73. The number of benzene rings is 2. The summed E-state index contributed by atoms with van der Waals surface area (Å²) in [5.74, 6) is 2.11. The molecule has 0 atom stereocenters. The van der Waals surface area contributed by atoms with E-state index in [2.05, 4.69) is 26.1 Å². The molecule has 2 heterocycles. The van der Waals surface area contributed by atoms with Gasteiger partial charge in [0.25, 0.3) is 5.91 Å². The number of rotatable bonds is 5. The number of aromatic nitrogens is 2. The van der Waals surface area contributed by atoms with Crippen LogP contribution in [0.5, 0.6) is 5.75 Å². The van der Waals surface area contributed by atoms with Crippen LogP contribution < -0.4 is 4.74 Å². The van der Waals surface area contributed by atoms with E-state index in [-0.39, 0.29) is 11.8 Å². The molecule has 6 nitrogen and oxygen atoms in total. The molecule has 0 radical (unpaired) electrons. The first-order valence-electron chi connectivity index (χ1n) is 8.63. The number of likely N-dealkylation sites (tertiary alicyclic amines) is 1. The van der Waals surface area contributed by atoms with Crippen LogP contribution in [0.15, 0.2) is 57.5 Å². The Morgan fingerprint density at radius 1 is 1.22 bits per heavy atom. The van der Waals surface area contributed by atoms with Gasteiger partial charge in [-0.1, -0.05) is 39.3 Å². The van der Waals surface area contributed by atoms with Crippen molar-refractivity contribution in [3.63, 3.8) is 0 Å². The summed E-state index contributed by atoms with van der Waals surface area (Å²) in [5.41, 5.74) is 1.69. The van der Waals surface area contributed by atoms with Crippen LogP contribution >= 0.6 is 15.9 Å². The van der Waals surface area contributed by atoms with Gasteiger partial charge in [-0.05, 0) is 30.3 Å². The Morgan fingerprint density at radius 3 is 2.70 bits per heavy atom. The number of hydrogen-bond donors (Lipinski definition) is 0. The van der Waals surface area contributed by atoms with Gasteiger partial charge in [-0.2, -0.15) is 4.98 Å². The van der Waals surface area contributed by atoms with Gasteiger partial charge < -0.3 is 14.2 Å². The molecule has 1 aliphatic heterocycles. The van der Waals surface area contributed by atoms with Gasteiger partial charge >= 0.3 is 0 Å². The lowest BCUT2D eigenvalue weighted by molar-refractivity contribution is 0.0569. The smallest absolute Gasteiger partial charge is 0.253 e. The van der Waals surface area contributed by atoms with Gasteiger partial charge in [-0.25, -0.2) is 0 Å². The van der Waals surface area contributed by atoms with E-state index in [0.717, 1.165) is 15.8 Å². The minimum atomic E-state index is 0.0208. The van der Waals surface area contributed by atoms with Gasteiger partial charge in [0.2, 0.25) is 5.89 Å². The molecule has 1 aliphatic rings. The Labute approximate surface area is 165 Å². The summed E-state index contributed by atoms with van der Waals surface area (Å²) < 4.78 is 11.7. The predicted molar refractivity (Wildman–Crippen MR) is 103 cm³/mol. The number of ether oxygens (including phenoxy) is 1. The van der Waals surface area contributed by atoms with Crippen LogP contribution in [0.3, 0.4) is 0 Å². The Balaban J connectivity index is 1.38. The summed E-state index contributed by atoms with van der Waals surface area (Å²) in [7, 11) is 1.64. The van der Waals surface area contributed by atoms with Crippen LogP contribution in [-0.2, 0) is 6.42 Å². The highest BCUT2D eigenvalue weighted by Crippen LogP contribution is 2.28. The van der Waals surface area contributed by atoms with E-state index in [1.54, 1.807) is 12.0 Å². The molecule has 1 amide bonds. The number of amides is 1. The molecule has 0 unspecified atom stereocenters. The number of carbonyl (C=O) groups is 1. The first-order valence-corrected chi connectivity index (χ1v) is 9.42. The number of methoxy groups -OCH3 is 1. The third-order valence-corrected chi connectivity index (χ3v) is 5.16. The fraction of sp³-hybridized carbons (Fsp3) is 0.250. The van der Waals surface area contributed by atoms with E-state index in [0.29, 0.717) is 36.8 Å². The van der Waals surface area contributed by atoms with Crippen molar-refractivity contribution in [1.82, 2.24) is 15.0 Å². The van der Waals surface area contributed by atoms with Gasteiger partial charge in [-0.15, -0.1) is 0 Å². The van der Waals surface area contributed by atoms with Crippen molar-refractivity contribution in [3.8, 4) is 5.75 Å². The number of nitrogens with zero attached hydrogens (tertiary/aromatic N) is 3. The van der Waals surface area contributed by atoms with Crippen LogP contribution in [0, 0.1) is 0 Å². The second-order valence-corrected chi connectivity index (χ2v) is 7.37. The SMILES string of the molecule is COc1ccccc1Cc1noc(C2CN(C(=O)c3ccc(Br)cc3)C2)n1. The Morgan fingerprint density at radius 2 is 1.96 bits per heavy atom. The summed E-state index contributed by atoms with van der Waals surface area (Å²) in [4.78, 5) is 18.8. The molecule has 2 aromatic carbocycles. The number of para-hydroxylation sites is 1. The number of hydrogen-bond acceptors (Lipinski definition) is 5. The summed E-state index contributed by atoms with van der Waals surface area (Å²) in [6.07, 6.45) is 0.543. The van der Waals surface area contributed by atoms with E-state index >= 15 is 0 Å². The summed E-state index contributed by atoms with van der Waals surface area (Å²) in [5, 5.41) is 4.08. The molecule has 0 N–H and O–H groups in total. The molecule has 7 heteroatoms. The molecule has 1 aromatic heterocycles. The zero-order chi connectivity index (χ0) is 18.8. The van der Waals surface area contributed by atoms with Crippen molar-refractivity contribution in [2.75, 3.05) is 20.2 Å². The third-order valence-electron chi connectivity index (χ3n) is 4.63. The first-order chi connectivity index (χ1) is 13.1. The van der Waals surface area contributed by atoms with Gasteiger partial charge in [0.15, 0.2) is 5.82 Å². The van der Waals surface area contributed by atoms with E-state index < -0.39 is 0 Å². The summed E-state index contributed by atoms with van der Waals surface area (Å²) in [6, 6.07) is 15.1. The molecule has 0 saturated carbocycles. The van der Waals surface area contributed by atoms with E-state index in [9.17, 15) is 4.79 Å². The highest BCUT2D eigenvalue weighted by atomic mass is 79.9. The van der Waals surface area contributed by atoms with Crippen LogP contribution in [0.2, 0.25) is 0 Å². The zero-order valence-electron chi connectivity index (χ0n) is 14.8. The molecule has 0 spiro atoms. The standard InChI is InChI=1S/C20H18BrN3O3/c1-26-17-5-3-2-4-14(17)10-18-22-19(27-23-18)15-11-24(12-15)20(25)13-6-8-16(21)9-7-13/h2-9,15H,10-12H2,1H3. The molecule has 138 valence electrons. The van der Waals surface area contributed by atoms with Crippen molar-refractivity contribution >= 4 is 21.8 Å². The van der Waals surface area contributed by atoms with Gasteiger partial charge in [0.05, 0.1) is 13.0 Å². The van der Waals surface area contributed by atoms with Crippen molar-refractivity contribution in [1.29, 1.82) is 0 Å². The lowest BCUT2D eigenvalue weighted by atomic mass is 9.98. The maximum Gasteiger partial charge on any atom is 0.253 e. The Kier molecular flexibility index (Phi) is 4.94. The lowest BCUT2D eigenvalue weighted by Crippen LogP contribution is -2.48. The predicted octanol–water partition coefficient (Wildman–Crippen LogP) is 3.67. The van der Waals surface area contributed by atoms with E-state index in [1.807, 2.05) is 48.5 Å². The molecule has 0 bridgehead atoms. The normalized spacial score (nSPS) is 14.1. The highest BCUT2D eigenvalue weighted by Gasteiger charge is 2.36. The van der Waals surface area contributed by atoms with Crippen LogP contribution in [-0.4, -0.2) is 41.1 Å². The number of carbonyl (C=O) groups excluding carboxylic acids is 1. The Bertz CT molecular complexity index is 949. The maximum absolute atomic E-state index is 12.5. The van der Waals surface area contributed by atoms with E-state index in [1.165, 1.54) is 0 Å². The van der Waals surface area contributed by atoms with Crippen molar-refractivity contribution in [3.05, 3.63) is 75.8 Å². The largest absolute Gasteiger partial charge is 0.496 e. The molecule has 4 rings (SSSR count). The lowest BCUT2D eigenvalue weighted by Gasteiger charge is -2.37. The quantitative estimate of drug-likeness (QED) is 0.621. The summed E-state index contributed by atoms with van der Waals surface area (Å²) >= 11 is 3.38. The zero-order valence-corrected chi connectivity index (χ0v) is 16.3. The highest BCUT2D eigenvalue weighted by molar-refractivity contribution is 9.10. The van der Waals surface area contributed by atoms with Gasteiger partial charge in [0, 0.05) is 35.1 Å². The Hall–Kier alpha value is -2.67. The second-order valence-electron chi connectivity index (χ2n) is 6.45. The molecular weight excluding hydrogens is 410 g/mol. The molecular formula is C20H18BrN3O3. The molecule has 27 heavy (non-hydrogen) atoms. The van der Waals surface area contributed by atoms with Crippen molar-refractivity contribution in [2.24, 2.45) is 0 Å². The topological polar surface area (TPSA) is 68.5 Å². The molecule has 1 saturated heterocycles. The minimum absolute atomic E-state index is 0.0208. The fourth-order valence-electron chi connectivity index (χ4n) is 3.10. The van der Waals surface area contributed by atoms with Crippen molar-refractivity contribution in [2.45, 2.75) is 12.3 Å². The number of halogens is 1. The van der Waals surface area contributed by atoms with Crippen molar-refractivity contribution < 1.29 is 14.1 Å². The first kappa shape index (κ1) is 17.7. The average molecular weight is 428 g/mol. The fourth-order valence-corrected chi connectivity index (χ4v) is 3.36. The van der Waals surface area contributed by atoms with Crippen LogP contribution in [0.25, 0.3) is 0 Å². The maximum atomic E-state index is 12.5. The molecule has 0 aliphatic carbocycles. The monoisotopic (exact) mass is 427 g/mol. The van der Waals surface area contributed by atoms with Gasteiger partial charge in [0.1, 0.15) is 5.75 Å². The van der Waals surface area contributed by atoms with Gasteiger partial charge in [-0.3, -0.25) is 4.79 Å². The van der Waals surface area contributed by atoms with Crippen LogP contribution in [0.4, 0.5) is 0 Å². The molecule has 3 aromatic rings. The molecule has 1 fully saturated rings. The summed E-state index contributed by atoms with van der Waals surface area (Å²) in [6.45, 7) is 1.18. The van der Waals surface area contributed by atoms with Crippen LogP contribution in [0.1, 0.15) is 33.6 Å².